The number of nitrogens with zero attached hydrogens (tertiary/aromatic N) is 4. The molecular formula is C13H11ClN4OS. The molecular weight excluding hydrogens is 296 g/mol. The van der Waals surface area contributed by atoms with Gasteiger partial charge in [0.2, 0.25) is 0 Å². The molecule has 0 aromatic carbocycles. The Morgan fingerprint density at radius 3 is 2.95 bits per heavy atom. The molecule has 0 unspecified atom stereocenters. The highest BCUT2D eigenvalue weighted by molar-refractivity contribution is 7.14. The molecule has 20 heavy (non-hydrogen) atoms. The predicted octanol–water partition coefficient (Wildman–Crippen LogP) is 2.52. The SMILES string of the molecule is O=c1ccccn1CCn1cc(-c2cc(Cl)cs2)nn1. The first-order valence-corrected chi connectivity index (χ1v) is 7.28. The number of rotatable bonds is 4. The Morgan fingerprint density at radius 1 is 1.30 bits per heavy atom. The molecule has 3 aromatic rings. The second-order valence-corrected chi connectivity index (χ2v) is 5.58. The molecule has 0 fully saturated rings. The molecule has 3 aromatic heterocycles. The van der Waals surface area contributed by atoms with Gasteiger partial charge in [-0.25, -0.2) is 0 Å². The third-order valence-electron chi connectivity index (χ3n) is 2.83. The lowest BCUT2D eigenvalue weighted by molar-refractivity contribution is 0.511. The van der Waals surface area contributed by atoms with E-state index < -0.39 is 0 Å². The van der Waals surface area contributed by atoms with E-state index in [-0.39, 0.29) is 5.56 Å². The van der Waals surface area contributed by atoms with Gasteiger partial charge in [-0.1, -0.05) is 22.9 Å². The summed E-state index contributed by atoms with van der Waals surface area (Å²) in [5.74, 6) is 0. The van der Waals surface area contributed by atoms with Crippen LogP contribution in [0.1, 0.15) is 0 Å². The average Bonchev–Trinajstić information content (AvgIpc) is 3.06. The number of thiophene rings is 1. The van der Waals surface area contributed by atoms with Crippen LogP contribution in [0.4, 0.5) is 0 Å². The number of hydrogen-bond donors (Lipinski definition) is 0. The molecule has 0 radical (unpaired) electrons. The Morgan fingerprint density at radius 2 is 2.20 bits per heavy atom. The van der Waals surface area contributed by atoms with E-state index in [1.165, 1.54) is 11.3 Å². The lowest BCUT2D eigenvalue weighted by Crippen LogP contribution is -2.20. The molecule has 0 amide bonds. The monoisotopic (exact) mass is 306 g/mol. The lowest BCUT2D eigenvalue weighted by atomic mass is 10.4. The van der Waals surface area contributed by atoms with Gasteiger partial charge in [0.15, 0.2) is 0 Å². The Labute approximate surface area is 124 Å². The summed E-state index contributed by atoms with van der Waals surface area (Å²) < 4.78 is 3.37. The minimum absolute atomic E-state index is 0.0159. The van der Waals surface area contributed by atoms with E-state index in [1.54, 1.807) is 27.6 Å². The van der Waals surface area contributed by atoms with Gasteiger partial charge in [-0.15, -0.1) is 16.4 Å². The summed E-state index contributed by atoms with van der Waals surface area (Å²) in [6.07, 6.45) is 3.62. The quantitative estimate of drug-likeness (QED) is 0.744. The Hall–Kier alpha value is -1.92. The van der Waals surface area contributed by atoms with Gasteiger partial charge in [0.05, 0.1) is 22.6 Å². The molecule has 0 atom stereocenters. The summed E-state index contributed by atoms with van der Waals surface area (Å²) in [5, 5.41) is 10.7. The normalized spacial score (nSPS) is 10.8. The van der Waals surface area contributed by atoms with Gasteiger partial charge in [0.1, 0.15) is 5.69 Å². The van der Waals surface area contributed by atoms with E-state index in [2.05, 4.69) is 10.3 Å². The summed E-state index contributed by atoms with van der Waals surface area (Å²) in [7, 11) is 0. The Bertz CT molecular complexity index is 776. The second-order valence-electron chi connectivity index (χ2n) is 4.23. The van der Waals surface area contributed by atoms with Crippen LogP contribution in [0.3, 0.4) is 0 Å². The third-order valence-corrected chi connectivity index (χ3v) is 4.13. The van der Waals surface area contributed by atoms with Crippen molar-refractivity contribution in [2.24, 2.45) is 0 Å². The van der Waals surface area contributed by atoms with Gasteiger partial charge < -0.3 is 4.57 Å². The number of aryl methyl sites for hydroxylation is 2. The minimum atomic E-state index is -0.0159. The highest BCUT2D eigenvalue weighted by atomic mass is 35.5. The molecule has 0 N–H and O–H groups in total. The van der Waals surface area contributed by atoms with E-state index >= 15 is 0 Å². The number of pyridine rings is 1. The van der Waals surface area contributed by atoms with Gasteiger partial charge in [0, 0.05) is 24.2 Å². The first kappa shape index (κ1) is 13.1. The van der Waals surface area contributed by atoms with Crippen LogP contribution in [0, 0.1) is 0 Å². The van der Waals surface area contributed by atoms with Gasteiger partial charge in [-0.05, 0) is 12.1 Å². The van der Waals surface area contributed by atoms with Crippen molar-refractivity contribution in [1.82, 2.24) is 19.6 Å². The van der Waals surface area contributed by atoms with Crippen molar-refractivity contribution in [1.29, 1.82) is 0 Å². The van der Waals surface area contributed by atoms with Crippen LogP contribution in [-0.4, -0.2) is 19.6 Å². The van der Waals surface area contributed by atoms with Crippen LogP contribution >= 0.6 is 22.9 Å². The van der Waals surface area contributed by atoms with Crippen LogP contribution in [0.15, 0.2) is 46.8 Å². The van der Waals surface area contributed by atoms with E-state index in [1.807, 2.05) is 23.7 Å². The largest absolute Gasteiger partial charge is 0.314 e. The maximum atomic E-state index is 11.6. The second kappa shape index (κ2) is 5.60. The van der Waals surface area contributed by atoms with Crippen LogP contribution < -0.4 is 5.56 Å². The van der Waals surface area contributed by atoms with Gasteiger partial charge in [-0.3, -0.25) is 9.48 Å². The standard InChI is InChI=1S/C13H11ClN4OS/c14-10-7-12(20-9-10)11-8-18(16-15-11)6-5-17-4-2-1-3-13(17)19/h1-4,7-9H,5-6H2. The fourth-order valence-electron chi connectivity index (χ4n) is 1.82. The first-order chi connectivity index (χ1) is 9.72. The smallest absolute Gasteiger partial charge is 0.250 e. The molecule has 0 aliphatic carbocycles. The molecule has 0 bridgehead atoms. The van der Waals surface area contributed by atoms with E-state index in [0.29, 0.717) is 18.1 Å². The Kier molecular flexibility index (Phi) is 3.66. The van der Waals surface area contributed by atoms with Gasteiger partial charge >= 0.3 is 0 Å². The fraction of sp³-hybridized carbons (Fsp3) is 0.154. The van der Waals surface area contributed by atoms with Crippen LogP contribution in [0.25, 0.3) is 10.6 Å². The molecule has 0 aliphatic heterocycles. The highest BCUT2D eigenvalue weighted by Crippen LogP contribution is 2.27. The molecule has 0 spiro atoms. The zero-order valence-electron chi connectivity index (χ0n) is 10.4. The Balaban J connectivity index is 1.72. The number of hydrogen-bond acceptors (Lipinski definition) is 4. The summed E-state index contributed by atoms with van der Waals surface area (Å²) in [4.78, 5) is 12.6. The van der Waals surface area contributed by atoms with Gasteiger partial charge in [-0.2, -0.15) is 0 Å². The summed E-state index contributed by atoms with van der Waals surface area (Å²) in [5.41, 5.74) is 0.778. The molecule has 0 saturated heterocycles. The van der Waals surface area contributed by atoms with Crippen LogP contribution in [-0.2, 0) is 13.1 Å². The highest BCUT2D eigenvalue weighted by Gasteiger charge is 2.06. The van der Waals surface area contributed by atoms with Crippen molar-refractivity contribution in [3.8, 4) is 10.6 Å². The van der Waals surface area contributed by atoms with Crippen molar-refractivity contribution in [2.75, 3.05) is 0 Å². The van der Waals surface area contributed by atoms with E-state index in [9.17, 15) is 4.79 Å². The number of halogens is 1. The van der Waals surface area contributed by atoms with E-state index in [0.717, 1.165) is 10.6 Å². The predicted molar refractivity (Wildman–Crippen MR) is 79.0 cm³/mol. The fourth-order valence-corrected chi connectivity index (χ4v) is 2.85. The summed E-state index contributed by atoms with van der Waals surface area (Å²) >= 11 is 7.42. The topological polar surface area (TPSA) is 52.7 Å². The van der Waals surface area contributed by atoms with Crippen molar-refractivity contribution < 1.29 is 0 Å². The molecule has 0 aliphatic rings. The van der Waals surface area contributed by atoms with Crippen LogP contribution in [0.5, 0.6) is 0 Å². The molecule has 102 valence electrons. The van der Waals surface area contributed by atoms with Crippen molar-refractivity contribution in [3.05, 3.63) is 57.4 Å². The summed E-state index contributed by atoms with van der Waals surface area (Å²) in [6.45, 7) is 1.16. The molecule has 0 saturated carbocycles. The van der Waals surface area contributed by atoms with Gasteiger partial charge in [0.25, 0.3) is 5.56 Å². The van der Waals surface area contributed by atoms with E-state index in [4.69, 9.17) is 11.6 Å². The first-order valence-electron chi connectivity index (χ1n) is 6.02. The lowest BCUT2D eigenvalue weighted by Gasteiger charge is -2.03. The summed E-state index contributed by atoms with van der Waals surface area (Å²) in [6, 6.07) is 6.97. The molecule has 3 rings (SSSR count). The van der Waals surface area contributed by atoms with Crippen molar-refractivity contribution >= 4 is 22.9 Å². The van der Waals surface area contributed by atoms with Crippen LogP contribution in [0.2, 0.25) is 5.02 Å². The molecule has 3 heterocycles. The molecule has 5 nitrogen and oxygen atoms in total. The molecule has 7 heteroatoms. The zero-order chi connectivity index (χ0) is 13.9. The maximum absolute atomic E-state index is 11.6. The maximum Gasteiger partial charge on any atom is 0.250 e. The zero-order valence-corrected chi connectivity index (χ0v) is 12.0. The van der Waals surface area contributed by atoms with Crippen molar-refractivity contribution in [2.45, 2.75) is 13.1 Å². The third kappa shape index (κ3) is 2.81. The minimum Gasteiger partial charge on any atom is -0.314 e. The average molecular weight is 307 g/mol. The van der Waals surface area contributed by atoms with Crippen molar-refractivity contribution in [3.63, 3.8) is 0 Å². The number of aromatic nitrogens is 4.